The van der Waals surface area contributed by atoms with Crippen molar-refractivity contribution in [2.45, 2.75) is 13.0 Å². The van der Waals surface area contributed by atoms with Gasteiger partial charge < -0.3 is 10.4 Å². The third-order valence-electron chi connectivity index (χ3n) is 1.77. The van der Waals surface area contributed by atoms with E-state index in [1.54, 1.807) is 0 Å². The van der Waals surface area contributed by atoms with Crippen LogP contribution in [0.3, 0.4) is 0 Å². The largest absolute Gasteiger partial charge is 0.508 e. The van der Waals surface area contributed by atoms with Crippen LogP contribution in [0.1, 0.15) is 12.0 Å². The molecule has 0 bridgehead atoms. The van der Waals surface area contributed by atoms with Crippen LogP contribution in [0.2, 0.25) is 0 Å². The summed E-state index contributed by atoms with van der Waals surface area (Å²) in [6.07, 6.45) is 0.399. The number of hydrogen-bond acceptors (Lipinski definition) is 3. The second-order valence-corrected chi connectivity index (χ2v) is 2.86. The molecule has 0 amide bonds. The molecule has 0 aliphatic carbocycles. The van der Waals surface area contributed by atoms with Crippen molar-refractivity contribution >= 4 is 0 Å². The molecule has 2 N–H and O–H groups in total. The highest BCUT2D eigenvalue weighted by Crippen LogP contribution is 2.17. The third-order valence-corrected chi connectivity index (χ3v) is 1.77. The van der Waals surface area contributed by atoms with Gasteiger partial charge >= 0.3 is 0 Å². The fourth-order valence-electron chi connectivity index (χ4n) is 1.06. The maximum Gasteiger partial charge on any atom is 0.123 e. The second-order valence-electron chi connectivity index (χ2n) is 2.86. The number of halogens is 1. The number of nitrogens with zero attached hydrogens (tertiary/aromatic N) is 1. The second kappa shape index (κ2) is 5.20. The van der Waals surface area contributed by atoms with Crippen LogP contribution < -0.4 is 5.32 Å². The van der Waals surface area contributed by atoms with Gasteiger partial charge in [0.25, 0.3) is 0 Å². The zero-order chi connectivity index (χ0) is 10.4. The molecule has 0 spiro atoms. The Morgan fingerprint density at radius 1 is 1.50 bits per heavy atom. The highest BCUT2D eigenvalue weighted by atomic mass is 19.1. The smallest absolute Gasteiger partial charge is 0.123 e. The van der Waals surface area contributed by atoms with Crippen molar-refractivity contribution in [3.63, 3.8) is 0 Å². The van der Waals surface area contributed by atoms with Crippen molar-refractivity contribution in [2.24, 2.45) is 0 Å². The summed E-state index contributed by atoms with van der Waals surface area (Å²) >= 11 is 0. The molecule has 1 rings (SSSR count). The van der Waals surface area contributed by atoms with Crippen LogP contribution in [0.4, 0.5) is 4.39 Å². The quantitative estimate of drug-likeness (QED) is 0.715. The standard InChI is InChI=1S/C10H11FN2O/c11-9-2-3-10(14)8(6-9)7-13-5-1-4-12/h2-3,6,13-14H,1,5,7H2. The lowest BCUT2D eigenvalue weighted by molar-refractivity contribution is 0.462. The van der Waals surface area contributed by atoms with Crippen LogP contribution in [-0.4, -0.2) is 11.7 Å². The summed E-state index contributed by atoms with van der Waals surface area (Å²) in [5.74, 6) is -0.309. The highest BCUT2D eigenvalue weighted by Gasteiger charge is 2.01. The van der Waals surface area contributed by atoms with Crippen LogP contribution in [-0.2, 0) is 6.54 Å². The molecule has 0 radical (unpaired) electrons. The molecular formula is C10H11FN2O. The van der Waals surface area contributed by atoms with Gasteiger partial charge in [0.15, 0.2) is 0 Å². The number of nitriles is 1. The first kappa shape index (κ1) is 10.5. The number of phenolic OH excluding ortho intramolecular Hbond substituents is 1. The first-order valence-electron chi connectivity index (χ1n) is 4.29. The minimum Gasteiger partial charge on any atom is -0.508 e. The predicted octanol–water partition coefficient (Wildman–Crippen LogP) is 1.53. The molecule has 3 nitrogen and oxygen atoms in total. The lowest BCUT2D eigenvalue weighted by atomic mass is 10.2. The Hall–Kier alpha value is -1.60. The van der Waals surface area contributed by atoms with E-state index < -0.39 is 0 Å². The van der Waals surface area contributed by atoms with E-state index in [0.29, 0.717) is 25.1 Å². The molecule has 1 aromatic carbocycles. The lowest BCUT2D eigenvalue weighted by Gasteiger charge is -2.04. The molecule has 0 fully saturated rings. The van der Waals surface area contributed by atoms with E-state index in [1.807, 2.05) is 6.07 Å². The fourth-order valence-corrected chi connectivity index (χ4v) is 1.06. The molecule has 0 unspecified atom stereocenters. The van der Waals surface area contributed by atoms with E-state index in [2.05, 4.69) is 5.32 Å². The molecule has 1 aromatic rings. The molecule has 4 heteroatoms. The van der Waals surface area contributed by atoms with Crippen molar-refractivity contribution in [1.29, 1.82) is 5.26 Å². The average Bonchev–Trinajstić information content (AvgIpc) is 2.18. The number of nitrogens with one attached hydrogen (secondary N) is 1. The van der Waals surface area contributed by atoms with Gasteiger partial charge in [0.2, 0.25) is 0 Å². The summed E-state index contributed by atoms with van der Waals surface area (Å²) in [5, 5.41) is 20.5. The van der Waals surface area contributed by atoms with E-state index in [9.17, 15) is 9.50 Å². The van der Waals surface area contributed by atoms with Crippen LogP contribution in [0.25, 0.3) is 0 Å². The van der Waals surface area contributed by atoms with Crippen molar-refractivity contribution in [3.05, 3.63) is 29.6 Å². The Balaban J connectivity index is 2.50. The monoisotopic (exact) mass is 194 g/mol. The van der Waals surface area contributed by atoms with Crippen LogP contribution in [0, 0.1) is 17.1 Å². The summed E-state index contributed by atoms with van der Waals surface area (Å²) in [4.78, 5) is 0. The van der Waals surface area contributed by atoms with Crippen LogP contribution in [0.15, 0.2) is 18.2 Å². The Bertz CT molecular complexity index is 346. The Labute approximate surface area is 81.8 Å². The van der Waals surface area contributed by atoms with Gasteiger partial charge in [-0.1, -0.05) is 0 Å². The molecule has 0 saturated carbocycles. The van der Waals surface area contributed by atoms with Crippen molar-refractivity contribution in [3.8, 4) is 11.8 Å². The summed E-state index contributed by atoms with van der Waals surface area (Å²) in [6, 6.07) is 5.77. The Morgan fingerprint density at radius 3 is 3.00 bits per heavy atom. The number of hydrogen-bond donors (Lipinski definition) is 2. The first-order valence-corrected chi connectivity index (χ1v) is 4.29. The maximum absolute atomic E-state index is 12.7. The van der Waals surface area contributed by atoms with Gasteiger partial charge in [0.1, 0.15) is 11.6 Å². The van der Waals surface area contributed by atoms with Gasteiger partial charge in [-0.05, 0) is 18.2 Å². The average molecular weight is 194 g/mol. The SMILES string of the molecule is N#CCCNCc1cc(F)ccc1O. The fraction of sp³-hybridized carbons (Fsp3) is 0.300. The van der Waals surface area contributed by atoms with E-state index >= 15 is 0 Å². The van der Waals surface area contributed by atoms with Crippen LogP contribution >= 0.6 is 0 Å². The summed E-state index contributed by atoms with van der Waals surface area (Å²) < 4.78 is 12.7. The number of aromatic hydroxyl groups is 1. The summed E-state index contributed by atoms with van der Waals surface area (Å²) in [5.41, 5.74) is 0.503. The molecule has 0 aliphatic rings. The van der Waals surface area contributed by atoms with Gasteiger partial charge in [-0.25, -0.2) is 4.39 Å². The summed E-state index contributed by atoms with van der Waals surface area (Å²) in [6.45, 7) is 0.901. The normalized spacial score (nSPS) is 9.71. The number of rotatable bonds is 4. The molecule has 0 aliphatic heterocycles. The van der Waals surface area contributed by atoms with E-state index in [4.69, 9.17) is 5.26 Å². The highest BCUT2D eigenvalue weighted by molar-refractivity contribution is 5.32. The molecule has 0 atom stereocenters. The summed E-state index contributed by atoms with van der Waals surface area (Å²) in [7, 11) is 0. The third kappa shape index (κ3) is 3.04. The Kier molecular flexibility index (Phi) is 3.89. The van der Waals surface area contributed by atoms with Gasteiger partial charge in [-0.2, -0.15) is 5.26 Å². The van der Waals surface area contributed by atoms with Gasteiger partial charge in [-0.3, -0.25) is 0 Å². The molecule has 14 heavy (non-hydrogen) atoms. The molecule has 0 saturated heterocycles. The maximum atomic E-state index is 12.7. The molecule has 0 aromatic heterocycles. The van der Waals surface area contributed by atoms with Gasteiger partial charge in [-0.15, -0.1) is 0 Å². The minimum absolute atomic E-state index is 0.0656. The zero-order valence-corrected chi connectivity index (χ0v) is 7.63. The zero-order valence-electron chi connectivity index (χ0n) is 7.63. The first-order chi connectivity index (χ1) is 6.74. The van der Waals surface area contributed by atoms with Crippen molar-refractivity contribution in [1.82, 2.24) is 5.32 Å². The molecule has 0 heterocycles. The molecule has 74 valence electrons. The van der Waals surface area contributed by atoms with Crippen LogP contribution in [0.5, 0.6) is 5.75 Å². The molecular weight excluding hydrogens is 183 g/mol. The predicted molar refractivity (Wildman–Crippen MR) is 50.0 cm³/mol. The van der Waals surface area contributed by atoms with E-state index in [0.717, 1.165) is 0 Å². The topological polar surface area (TPSA) is 56.0 Å². The lowest BCUT2D eigenvalue weighted by Crippen LogP contribution is -2.14. The van der Waals surface area contributed by atoms with E-state index in [-0.39, 0.29) is 11.6 Å². The van der Waals surface area contributed by atoms with Crippen molar-refractivity contribution < 1.29 is 9.50 Å². The number of benzene rings is 1. The Morgan fingerprint density at radius 2 is 2.29 bits per heavy atom. The number of phenols is 1. The van der Waals surface area contributed by atoms with Gasteiger partial charge in [0, 0.05) is 25.1 Å². The van der Waals surface area contributed by atoms with Crippen molar-refractivity contribution in [2.75, 3.05) is 6.54 Å². The van der Waals surface area contributed by atoms with Gasteiger partial charge in [0.05, 0.1) is 6.07 Å². The minimum atomic E-state index is -0.375. The van der Waals surface area contributed by atoms with E-state index in [1.165, 1.54) is 18.2 Å².